The molecule has 0 N–H and O–H groups in total. The van der Waals surface area contributed by atoms with Crippen LogP contribution < -0.4 is 0 Å². The Morgan fingerprint density at radius 3 is 2.00 bits per heavy atom. The smallest absolute Gasteiger partial charge is 0.318 e. The van der Waals surface area contributed by atoms with Crippen LogP contribution in [-0.2, 0) is 29.8 Å². The van der Waals surface area contributed by atoms with Gasteiger partial charge in [-0.3, -0.25) is 4.79 Å². The third kappa shape index (κ3) is 7.63. The van der Waals surface area contributed by atoms with E-state index in [1.165, 1.54) is 0 Å². The Labute approximate surface area is 107 Å². The zero-order valence-electron chi connectivity index (χ0n) is 10.3. The van der Waals surface area contributed by atoms with Gasteiger partial charge < -0.3 is 13.2 Å². The van der Waals surface area contributed by atoms with Crippen LogP contribution in [-0.4, -0.2) is 18.2 Å². The lowest BCUT2D eigenvalue weighted by Gasteiger charge is -2.23. The summed E-state index contributed by atoms with van der Waals surface area (Å²) in [7, 11) is 0. The second-order valence-electron chi connectivity index (χ2n) is 3.64. The number of hydrogen-bond acceptors (Lipinski definition) is 6. The van der Waals surface area contributed by atoms with Crippen LogP contribution in [0.5, 0.6) is 0 Å². The van der Waals surface area contributed by atoms with Crippen molar-refractivity contribution in [3.05, 3.63) is 0 Å². The molecular weight excluding hydrogens is 267 g/mol. The number of hydrogen-bond donors (Lipinski definition) is 0. The van der Waals surface area contributed by atoms with Gasteiger partial charge in [-0.25, -0.2) is 0 Å². The lowest BCUT2D eigenvalue weighted by Crippen LogP contribution is -2.07. The van der Waals surface area contributed by atoms with E-state index in [1.807, 2.05) is 27.7 Å². The van der Waals surface area contributed by atoms with Crippen molar-refractivity contribution in [2.45, 2.75) is 53.2 Å². The van der Waals surface area contributed by atoms with Crippen molar-refractivity contribution in [3.8, 4) is 0 Å². The van der Waals surface area contributed by atoms with Crippen LogP contribution in [0.15, 0.2) is 0 Å². The highest BCUT2D eigenvalue weighted by Gasteiger charge is 2.26. The molecule has 7 heteroatoms. The number of carbonyl (C=O) groups is 1. The summed E-state index contributed by atoms with van der Waals surface area (Å²) in [5.74, 6) is -0.320. The second kappa shape index (κ2) is 7.67. The molecule has 0 aliphatic carbocycles. The van der Waals surface area contributed by atoms with E-state index in [0.717, 1.165) is 11.7 Å². The average Bonchev–Trinajstić information content (AvgIpc) is 2.11. The molecule has 0 aliphatic heterocycles. The van der Waals surface area contributed by atoms with Gasteiger partial charge in [0.05, 0.1) is 12.2 Å². The van der Waals surface area contributed by atoms with Crippen LogP contribution in [0, 0.1) is 0 Å². The third-order valence-corrected chi connectivity index (χ3v) is 5.34. The van der Waals surface area contributed by atoms with Gasteiger partial charge in [-0.2, -0.15) is 0 Å². The van der Waals surface area contributed by atoms with Crippen LogP contribution >= 0.6 is 17.4 Å². The molecule has 0 atom stereocenters. The van der Waals surface area contributed by atoms with Gasteiger partial charge in [-0.15, -0.1) is 0 Å². The summed E-state index contributed by atoms with van der Waals surface area (Å²) in [4.78, 5) is 11.0. The van der Waals surface area contributed by atoms with Gasteiger partial charge in [0.15, 0.2) is 11.7 Å². The van der Waals surface area contributed by atoms with E-state index in [1.54, 1.807) is 6.92 Å². The maximum atomic E-state index is 11.0. The van der Waals surface area contributed by atoms with Crippen molar-refractivity contribution in [2.24, 2.45) is 0 Å². The summed E-state index contributed by atoms with van der Waals surface area (Å²) >= 11 is 6.12. The normalized spacial score (nSPS) is 12.2. The predicted octanol–water partition coefficient (Wildman–Crippen LogP) is 3.66. The van der Waals surface area contributed by atoms with Crippen LogP contribution in [0.3, 0.4) is 0 Å². The van der Waals surface area contributed by atoms with E-state index >= 15 is 0 Å². The molecule has 0 radical (unpaired) electrons. The molecule has 0 rings (SSSR count). The van der Waals surface area contributed by atoms with Crippen molar-refractivity contribution in [1.82, 2.24) is 0 Å². The summed E-state index contributed by atoms with van der Waals surface area (Å²) in [5.41, 5.74) is -2.59. The van der Waals surface area contributed by atoms with Gasteiger partial charge >= 0.3 is 5.97 Å². The first kappa shape index (κ1) is 16.4. The fourth-order valence-electron chi connectivity index (χ4n) is 0.723. The van der Waals surface area contributed by atoms with Crippen molar-refractivity contribution in [2.75, 3.05) is 0 Å². The Kier molecular flexibility index (Phi) is 7.85. The SMILES string of the molecule is CCC(=O)OSP(=S)(OC(C)C)OC(C)C. The summed E-state index contributed by atoms with van der Waals surface area (Å²) in [6.07, 6.45) is 0.195. The second-order valence-corrected chi connectivity index (χ2v) is 9.30. The monoisotopic (exact) mass is 286 g/mol. The molecule has 0 saturated carbocycles. The Bertz CT molecular complexity index is 254. The minimum Gasteiger partial charge on any atom is -0.381 e. The molecule has 0 amide bonds. The standard InChI is InChI=1S/C9H19O4PS2/c1-6-9(10)13-16-14(15,11-7(2)3)12-8(4)5/h7-8H,6H2,1-5H3. The van der Waals surface area contributed by atoms with Gasteiger partial charge in [0, 0.05) is 6.42 Å². The first-order chi connectivity index (χ1) is 7.29. The topological polar surface area (TPSA) is 44.8 Å². The summed E-state index contributed by atoms with van der Waals surface area (Å²) in [5, 5.41) is 0. The van der Waals surface area contributed by atoms with Crippen molar-refractivity contribution in [1.29, 1.82) is 0 Å². The van der Waals surface area contributed by atoms with Crippen molar-refractivity contribution < 1.29 is 18.0 Å². The van der Waals surface area contributed by atoms with E-state index in [4.69, 9.17) is 25.0 Å². The van der Waals surface area contributed by atoms with Gasteiger partial charge in [-0.1, -0.05) is 6.92 Å². The van der Waals surface area contributed by atoms with Crippen LogP contribution in [0.1, 0.15) is 41.0 Å². The molecule has 4 nitrogen and oxygen atoms in total. The lowest BCUT2D eigenvalue weighted by molar-refractivity contribution is -0.132. The highest BCUT2D eigenvalue weighted by molar-refractivity contribution is 8.66. The van der Waals surface area contributed by atoms with Gasteiger partial charge in [0.2, 0.25) is 0 Å². The van der Waals surface area contributed by atoms with Gasteiger partial charge in [-0.05, 0) is 39.5 Å². The van der Waals surface area contributed by atoms with E-state index in [0.29, 0.717) is 6.42 Å². The van der Waals surface area contributed by atoms with Crippen LogP contribution in [0.25, 0.3) is 0 Å². The predicted molar refractivity (Wildman–Crippen MR) is 70.7 cm³/mol. The largest absolute Gasteiger partial charge is 0.381 e. The van der Waals surface area contributed by atoms with Crippen LogP contribution in [0.4, 0.5) is 0 Å². The van der Waals surface area contributed by atoms with Gasteiger partial charge in [0.1, 0.15) is 0 Å². The molecule has 0 bridgehead atoms. The third-order valence-electron chi connectivity index (χ3n) is 1.19. The highest BCUT2D eigenvalue weighted by atomic mass is 32.9. The number of rotatable bonds is 7. The molecule has 0 spiro atoms. The Hall–Kier alpha value is 0.390. The van der Waals surface area contributed by atoms with E-state index in [2.05, 4.69) is 0 Å². The maximum Gasteiger partial charge on any atom is 0.318 e. The first-order valence-electron chi connectivity index (χ1n) is 5.15. The molecular formula is C9H19O4PS2. The Morgan fingerprint density at radius 2 is 1.69 bits per heavy atom. The Balaban J connectivity index is 4.41. The van der Waals surface area contributed by atoms with E-state index < -0.39 is 5.69 Å². The zero-order chi connectivity index (χ0) is 12.8. The summed E-state index contributed by atoms with van der Waals surface area (Å²) < 4.78 is 16.0. The average molecular weight is 286 g/mol. The molecule has 0 aromatic rings. The molecule has 0 unspecified atom stereocenters. The molecule has 0 saturated heterocycles. The molecule has 0 fully saturated rings. The quantitative estimate of drug-likeness (QED) is 0.525. The highest BCUT2D eigenvalue weighted by Crippen LogP contribution is 2.62. The summed E-state index contributed by atoms with van der Waals surface area (Å²) in [6, 6.07) is 0. The van der Waals surface area contributed by atoms with E-state index in [9.17, 15) is 4.79 Å². The molecule has 16 heavy (non-hydrogen) atoms. The van der Waals surface area contributed by atoms with Crippen molar-refractivity contribution in [3.63, 3.8) is 0 Å². The molecule has 0 aromatic heterocycles. The fraction of sp³-hybridized carbons (Fsp3) is 0.889. The lowest BCUT2D eigenvalue weighted by atomic mass is 10.5. The molecule has 0 aliphatic rings. The number of carbonyl (C=O) groups excluding carboxylic acids is 1. The maximum absolute atomic E-state index is 11.0. The Morgan fingerprint density at radius 1 is 1.25 bits per heavy atom. The van der Waals surface area contributed by atoms with E-state index in [-0.39, 0.29) is 18.2 Å². The fourth-order valence-corrected chi connectivity index (χ4v) is 5.24. The first-order valence-corrected chi connectivity index (χ1v) is 9.13. The van der Waals surface area contributed by atoms with Crippen molar-refractivity contribution >= 4 is 35.1 Å². The molecule has 96 valence electrons. The molecule has 0 aromatic carbocycles. The summed E-state index contributed by atoms with van der Waals surface area (Å²) in [6.45, 7) is 9.19. The minimum atomic E-state index is -2.59. The van der Waals surface area contributed by atoms with Crippen LogP contribution in [0.2, 0.25) is 0 Å². The minimum absolute atomic E-state index is 0.0580. The van der Waals surface area contributed by atoms with Gasteiger partial charge in [0.25, 0.3) is 5.69 Å². The molecule has 0 heterocycles. The zero-order valence-corrected chi connectivity index (χ0v) is 12.8.